The van der Waals surface area contributed by atoms with Crippen molar-refractivity contribution < 1.29 is 9.90 Å². The van der Waals surface area contributed by atoms with Gasteiger partial charge in [-0.25, -0.2) is 0 Å². The molecule has 0 atom stereocenters. The Morgan fingerprint density at radius 1 is 1.04 bits per heavy atom. The van der Waals surface area contributed by atoms with Crippen molar-refractivity contribution >= 4 is 17.5 Å². The van der Waals surface area contributed by atoms with Crippen LogP contribution in [0.25, 0.3) is 5.69 Å². The molecule has 0 aliphatic rings. The van der Waals surface area contributed by atoms with Crippen LogP contribution in [0.4, 0.5) is 0 Å². The average Bonchev–Trinajstić information content (AvgIpc) is 2.60. The molecule has 0 spiro atoms. The number of carbonyl (C=O) groups is 1. The van der Waals surface area contributed by atoms with Crippen molar-refractivity contribution in [1.29, 1.82) is 0 Å². The van der Waals surface area contributed by atoms with E-state index in [-0.39, 0.29) is 22.6 Å². The lowest BCUT2D eigenvalue weighted by molar-refractivity contribution is 0.102. The molecule has 0 saturated carbocycles. The molecular weight excluding hydrogens is 324 g/mol. The standard InChI is InChI=1S/C18H14N2O3S/c21-15(13-7-3-1-4-8-13)12-24-18-19-16(22)11-17(23)20(18)14-9-5-2-6-10-14/h1-11,22H,12H2. The molecule has 120 valence electrons. The second kappa shape index (κ2) is 7.14. The Hall–Kier alpha value is -2.86. The van der Waals surface area contributed by atoms with E-state index in [0.29, 0.717) is 11.3 Å². The minimum absolute atomic E-state index is 0.0715. The van der Waals surface area contributed by atoms with Crippen molar-refractivity contribution in [2.45, 2.75) is 5.16 Å². The summed E-state index contributed by atoms with van der Waals surface area (Å²) in [6, 6.07) is 18.9. The molecule has 0 aliphatic heterocycles. The van der Waals surface area contributed by atoms with Crippen LogP contribution in [0.2, 0.25) is 0 Å². The number of nitrogens with zero attached hydrogens (tertiary/aromatic N) is 2. The molecule has 3 aromatic rings. The third-order valence-corrected chi connectivity index (χ3v) is 4.26. The van der Waals surface area contributed by atoms with Gasteiger partial charge in [-0.3, -0.25) is 14.2 Å². The number of rotatable bonds is 5. The van der Waals surface area contributed by atoms with Crippen LogP contribution < -0.4 is 5.56 Å². The van der Waals surface area contributed by atoms with Crippen LogP contribution in [-0.4, -0.2) is 26.2 Å². The summed E-state index contributed by atoms with van der Waals surface area (Å²) in [4.78, 5) is 28.5. The van der Waals surface area contributed by atoms with Crippen molar-refractivity contribution in [3.8, 4) is 11.6 Å². The van der Waals surface area contributed by atoms with Crippen molar-refractivity contribution in [3.05, 3.63) is 82.6 Å². The number of para-hydroxylation sites is 1. The number of ketones is 1. The molecule has 6 heteroatoms. The van der Waals surface area contributed by atoms with Crippen LogP contribution in [0.3, 0.4) is 0 Å². The van der Waals surface area contributed by atoms with Crippen LogP contribution >= 0.6 is 11.8 Å². The Balaban J connectivity index is 1.91. The first-order valence-corrected chi connectivity index (χ1v) is 8.23. The zero-order valence-corrected chi connectivity index (χ0v) is 13.4. The van der Waals surface area contributed by atoms with Crippen LogP contribution in [0.5, 0.6) is 5.88 Å². The third-order valence-electron chi connectivity index (χ3n) is 3.32. The first-order chi connectivity index (χ1) is 11.6. The highest BCUT2D eigenvalue weighted by Crippen LogP contribution is 2.21. The Bertz CT molecular complexity index is 909. The van der Waals surface area contributed by atoms with Crippen molar-refractivity contribution in [2.75, 3.05) is 5.75 Å². The number of Topliss-reactive ketones (excluding diaryl/α,β-unsaturated/α-hetero) is 1. The zero-order valence-electron chi connectivity index (χ0n) is 12.6. The second-order valence-electron chi connectivity index (χ2n) is 4.98. The molecule has 0 bridgehead atoms. The largest absolute Gasteiger partial charge is 0.493 e. The molecule has 1 heterocycles. The Labute approximate surface area is 142 Å². The average molecular weight is 338 g/mol. The van der Waals surface area contributed by atoms with E-state index in [9.17, 15) is 14.7 Å². The van der Waals surface area contributed by atoms with Gasteiger partial charge in [-0.05, 0) is 12.1 Å². The molecule has 0 fully saturated rings. The van der Waals surface area contributed by atoms with Crippen LogP contribution in [0.15, 0.2) is 76.7 Å². The lowest BCUT2D eigenvalue weighted by Gasteiger charge is -2.11. The maximum Gasteiger partial charge on any atom is 0.262 e. The fraction of sp³-hybridized carbons (Fsp3) is 0.0556. The molecule has 3 rings (SSSR count). The minimum Gasteiger partial charge on any atom is -0.493 e. The summed E-state index contributed by atoms with van der Waals surface area (Å²) in [7, 11) is 0. The highest BCUT2D eigenvalue weighted by molar-refractivity contribution is 7.99. The maximum atomic E-state index is 12.2. The molecule has 0 unspecified atom stereocenters. The number of carbonyl (C=O) groups excluding carboxylic acids is 1. The van der Waals surface area contributed by atoms with Gasteiger partial charge < -0.3 is 5.11 Å². The van der Waals surface area contributed by atoms with Gasteiger partial charge >= 0.3 is 0 Å². The first kappa shape index (κ1) is 16.0. The Morgan fingerprint density at radius 3 is 2.33 bits per heavy atom. The van der Waals surface area contributed by atoms with Crippen LogP contribution in [0.1, 0.15) is 10.4 Å². The Kier molecular flexibility index (Phi) is 4.77. The molecule has 2 aromatic carbocycles. The predicted octanol–water partition coefficient (Wildman–Crippen LogP) is 2.91. The minimum atomic E-state index is -0.400. The topological polar surface area (TPSA) is 72.2 Å². The summed E-state index contributed by atoms with van der Waals surface area (Å²) in [5, 5.41) is 9.90. The number of hydrogen-bond donors (Lipinski definition) is 1. The van der Waals surface area contributed by atoms with E-state index in [2.05, 4.69) is 4.98 Å². The van der Waals surface area contributed by atoms with Gasteiger partial charge in [-0.15, -0.1) is 0 Å². The molecular formula is C18H14N2O3S. The quantitative estimate of drug-likeness (QED) is 0.440. The maximum absolute atomic E-state index is 12.2. The second-order valence-corrected chi connectivity index (χ2v) is 5.93. The third kappa shape index (κ3) is 3.55. The van der Waals surface area contributed by atoms with Gasteiger partial charge in [0.05, 0.1) is 17.5 Å². The van der Waals surface area contributed by atoms with Crippen LogP contribution in [0, 0.1) is 0 Å². The van der Waals surface area contributed by atoms with Gasteiger partial charge in [-0.1, -0.05) is 60.3 Å². The zero-order chi connectivity index (χ0) is 16.9. The summed E-state index contributed by atoms with van der Waals surface area (Å²) in [5.41, 5.74) is 0.826. The fourth-order valence-corrected chi connectivity index (χ4v) is 3.11. The molecule has 5 nitrogen and oxygen atoms in total. The van der Waals surface area contributed by atoms with E-state index >= 15 is 0 Å². The monoisotopic (exact) mass is 338 g/mol. The summed E-state index contributed by atoms with van der Waals surface area (Å²) < 4.78 is 1.38. The van der Waals surface area contributed by atoms with Gasteiger partial charge in [-0.2, -0.15) is 4.98 Å². The van der Waals surface area contributed by atoms with Crippen molar-refractivity contribution in [2.24, 2.45) is 0 Å². The van der Waals surface area contributed by atoms with E-state index in [1.807, 2.05) is 12.1 Å². The van der Waals surface area contributed by atoms with Gasteiger partial charge in [0.2, 0.25) is 5.88 Å². The number of benzene rings is 2. The van der Waals surface area contributed by atoms with Crippen LogP contribution in [-0.2, 0) is 0 Å². The van der Waals surface area contributed by atoms with Gasteiger partial charge in [0.15, 0.2) is 10.9 Å². The summed E-state index contributed by atoms with van der Waals surface area (Å²) in [6.45, 7) is 0. The Morgan fingerprint density at radius 2 is 1.67 bits per heavy atom. The molecule has 1 aromatic heterocycles. The molecule has 0 amide bonds. The van der Waals surface area contributed by atoms with Crippen molar-refractivity contribution in [1.82, 2.24) is 9.55 Å². The lowest BCUT2D eigenvalue weighted by Crippen LogP contribution is -2.20. The normalized spacial score (nSPS) is 10.5. The molecule has 0 aliphatic carbocycles. The highest BCUT2D eigenvalue weighted by Gasteiger charge is 2.13. The van der Waals surface area contributed by atoms with Crippen molar-refractivity contribution in [3.63, 3.8) is 0 Å². The molecule has 0 saturated heterocycles. The number of thioether (sulfide) groups is 1. The highest BCUT2D eigenvalue weighted by atomic mass is 32.2. The SMILES string of the molecule is O=C(CSc1nc(O)cc(=O)n1-c1ccccc1)c1ccccc1. The van der Waals surface area contributed by atoms with E-state index in [4.69, 9.17) is 0 Å². The van der Waals surface area contributed by atoms with Gasteiger partial charge in [0.25, 0.3) is 5.56 Å². The molecule has 0 radical (unpaired) electrons. The molecule has 24 heavy (non-hydrogen) atoms. The number of aromatic hydroxyl groups is 1. The summed E-state index contributed by atoms with van der Waals surface area (Å²) in [6.07, 6.45) is 0. The predicted molar refractivity (Wildman–Crippen MR) is 93.0 cm³/mol. The smallest absolute Gasteiger partial charge is 0.262 e. The summed E-state index contributed by atoms with van der Waals surface area (Å²) >= 11 is 1.12. The number of aromatic nitrogens is 2. The van der Waals surface area contributed by atoms with Gasteiger partial charge in [0, 0.05) is 5.56 Å². The van der Waals surface area contributed by atoms with E-state index in [0.717, 1.165) is 17.8 Å². The molecule has 1 N–H and O–H groups in total. The fourth-order valence-electron chi connectivity index (χ4n) is 2.20. The van der Waals surface area contributed by atoms with Gasteiger partial charge in [0.1, 0.15) is 0 Å². The van der Waals surface area contributed by atoms with E-state index in [1.54, 1.807) is 48.5 Å². The lowest BCUT2D eigenvalue weighted by atomic mass is 10.2. The van der Waals surface area contributed by atoms with E-state index < -0.39 is 5.56 Å². The first-order valence-electron chi connectivity index (χ1n) is 7.24. The van der Waals surface area contributed by atoms with E-state index in [1.165, 1.54) is 4.57 Å². The number of hydrogen-bond acceptors (Lipinski definition) is 5. The summed E-state index contributed by atoms with van der Waals surface area (Å²) in [5.74, 6) is -0.313.